The molecule has 6 heteroatoms. The third kappa shape index (κ3) is 3.90. The van der Waals surface area contributed by atoms with Gasteiger partial charge in [-0.05, 0) is 75.0 Å². The highest BCUT2D eigenvalue weighted by atomic mass is 16.5. The van der Waals surface area contributed by atoms with E-state index in [1.165, 1.54) is 68.4 Å². The van der Waals surface area contributed by atoms with Crippen LogP contribution in [0.1, 0.15) is 74.9 Å². The number of amides is 1. The number of fused-ring (bicyclic) bond motifs is 3. The van der Waals surface area contributed by atoms with Crippen LogP contribution in [0, 0.1) is 5.41 Å². The molecule has 1 saturated carbocycles. The minimum Gasteiger partial charge on any atom is -0.452 e. The van der Waals surface area contributed by atoms with Crippen LogP contribution in [0.15, 0.2) is 42.5 Å². The van der Waals surface area contributed by atoms with Gasteiger partial charge in [0, 0.05) is 36.7 Å². The minimum absolute atomic E-state index is 0.117. The molecule has 2 aromatic carbocycles. The van der Waals surface area contributed by atoms with Crippen molar-refractivity contribution in [3.05, 3.63) is 59.4 Å². The number of anilines is 1. The van der Waals surface area contributed by atoms with E-state index in [9.17, 15) is 4.79 Å². The van der Waals surface area contributed by atoms with Crippen LogP contribution in [-0.2, 0) is 17.6 Å². The van der Waals surface area contributed by atoms with Crippen molar-refractivity contribution in [2.45, 2.75) is 76.8 Å². The highest BCUT2D eigenvalue weighted by molar-refractivity contribution is 5.95. The van der Waals surface area contributed by atoms with Gasteiger partial charge in [0.15, 0.2) is 0 Å². The quantitative estimate of drug-likeness (QED) is 0.492. The Morgan fingerprint density at radius 2 is 1.89 bits per heavy atom. The van der Waals surface area contributed by atoms with Gasteiger partial charge in [0.2, 0.25) is 0 Å². The Labute approximate surface area is 214 Å². The summed E-state index contributed by atoms with van der Waals surface area (Å²) in [5.74, 6) is 1.49. The van der Waals surface area contributed by atoms with Crippen molar-refractivity contribution in [1.29, 1.82) is 0 Å². The lowest BCUT2D eigenvalue weighted by molar-refractivity contribution is 0.0842. The number of methoxy groups -OCH3 is 1. The molecule has 0 unspecified atom stereocenters. The van der Waals surface area contributed by atoms with Crippen molar-refractivity contribution in [3.8, 4) is 0 Å². The van der Waals surface area contributed by atoms with Gasteiger partial charge in [-0.25, -0.2) is 9.78 Å². The highest BCUT2D eigenvalue weighted by Gasteiger charge is 2.41. The Balaban J connectivity index is 1.44. The Bertz CT molecular complexity index is 1250. The predicted molar refractivity (Wildman–Crippen MR) is 144 cm³/mol. The van der Waals surface area contributed by atoms with Crippen LogP contribution in [0.2, 0.25) is 0 Å². The maximum Gasteiger partial charge on any atom is 0.414 e. The molecular weight excluding hydrogens is 448 g/mol. The molecule has 1 spiro atoms. The van der Waals surface area contributed by atoms with Crippen molar-refractivity contribution in [2.75, 3.05) is 25.1 Å². The molecule has 2 atom stereocenters. The number of carbonyl (C=O) groups is 1. The maximum atomic E-state index is 12.7. The summed E-state index contributed by atoms with van der Waals surface area (Å²) in [5.41, 5.74) is 6.34. The Morgan fingerprint density at radius 3 is 2.56 bits per heavy atom. The summed E-state index contributed by atoms with van der Waals surface area (Å²) in [6, 6.07) is 15.7. The fraction of sp³-hybridized carbons (Fsp3) is 0.533. The first-order valence-electron chi connectivity index (χ1n) is 13.7. The SMILES string of the molecule is COC(=O)N1c2ccc3c(nc([C@H](C)Cc4ccccc4)n3C3CCC4(CC3)CNC4)c2CC[C@@H]1C. The first-order valence-corrected chi connectivity index (χ1v) is 13.7. The van der Waals surface area contributed by atoms with E-state index in [1.807, 2.05) is 4.90 Å². The van der Waals surface area contributed by atoms with Gasteiger partial charge in [-0.3, -0.25) is 4.90 Å². The van der Waals surface area contributed by atoms with Gasteiger partial charge in [0.1, 0.15) is 5.82 Å². The lowest BCUT2D eigenvalue weighted by Gasteiger charge is -2.48. The molecule has 2 fully saturated rings. The van der Waals surface area contributed by atoms with E-state index in [4.69, 9.17) is 9.72 Å². The number of aryl methyl sites for hydroxylation is 1. The zero-order valence-electron chi connectivity index (χ0n) is 21.8. The molecule has 0 bridgehead atoms. The van der Waals surface area contributed by atoms with Gasteiger partial charge in [-0.2, -0.15) is 0 Å². The first-order chi connectivity index (χ1) is 17.5. The summed E-state index contributed by atoms with van der Waals surface area (Å²) in [6.45, 7) is 6.77. The zero-order valence-corrected chi connectivity index (χ0v) is 21.8. The average Bonchev–Trinajstić information content (AvgIpc) is 3.28. The van der Waals surface area contributed by atoms with Gasteiger partial charge < -0.3 is 14.6 Å². The number of nitrogens with zero attached hydrogens (tertiary/aromatic N) is 3. The van der Waals surface area contributed by atoms with Gasteiger partial charge in [0.25, 0.3) is 0 Å². The summed E-state index contributed by atoms with van der Waals surface area (Å²) >= 11 is 0. The molecular formula is C30H38N4O2. The highest BCUT2D eigenvalue weighted by Crippen LogP contribution is 2.46. The topological polar surface area (TPSA) is 59.4 Å². The monoisotopic (exact) mass is 486 g/mol. The van der Waals surface area contributed by atoms with E-state index in [0.717, 1.165) is 30.5 Å². The number of hydrogen-bond donors (Lipinski definition) is 1. The lowest BCUT2D eigenvalue weighted by Crippen LogP contribution is -2.54. The number of ether oxygens (including phenoxy) is 1. The van der Waals surface area contributed by atoms with Crippen molar-refractivity contribution in [1.82, 2.24) is 14.9 Å². The van der Waals surface area contributed by atoms with E-state index in [-0.39, 0.29) is 12.1 Å². The zero-order chi connectivity index (χ0) is 24.9. The summed E-state index contributed by atoms with van der Waals surface area (Å²) in [6.07, 6.45) is 7.53. The number of carbonyl (C=O) groups excluding carboxylic acids is 1. The Morgan fingerprint density at radius 1 is 1.14 bits per heavy atom. The normalized spacial score (nSPS) is 22.3. The first kappa shape index (κ1) is 23.5. The molecule has 3 aliphatic rings. The molecule has 1 aliphatic carbocycles. The predicted octanol–water partition coefficient (Wildman–Crippen LogP) is 5.99. The number of imidazole rings is 1. The van der Waals surface area contributed by atoms with E-state index in [0.29, 0.717) is 17.4 Å². The molecule has 190 valence electrons. The molecule has 3 aromatic rings. The number of hydrogen-bond acceptors (Lipinski definition) is 4. The summed E-state index contributed by atoms with van der Waals surface area (Å²) in [5, 5.41) is 3.50. The Hall–Kier alpha value is -2.86. The second kappa shape index (κ2) is 9.22. The standard InChI is InChI=1S/C30H38N4O2/c1-20(17-22-7-5-4-6-8-22)28-32-27-24-10-9-21(2)33(29(35)36-3)25(24)11-12-26(27)34(28)23-13-15-30(16-14-23)18-31-19-30/h4-8,11-12,20-21,23,31H,9-10,13-19H2,1-3H3/t20-,21+/m1/s1. The van der Waals surface area contributed by atoms with E-state index >= 15 is 0 Å². The molecule has 1 aromatic heterocycles. The van der Waals surface area contributed by atoms with Crippen LogP contribution in [0.3, 0.4) is 0 Å². The van der Waals surface area contributed by atoms with E-state index in [1.54, 1.807) is 0 Å². The summed E-state index contributed by atoms with van der Waals surface area (Å²) < 4.78 is 7.74. The van der Waals surface area contributed by atoms with Crippen LogP contribution in [-0.4, -0.2) is 41.9 Å². The molecule has 1 amide bonds. The summed E-state index contributed by atoms with van der Waals surface area (Å²) in [7, 11) is 1.47. The smallest absolute Gasteiger partial charge is 0.414 e. The van der Waals surface area contributed by atoms with Gasteiger partial charge >= 0.3 is 6.09 Å². The number of aromatic nitrogens is 2. The van der Waals surface area contributed by atoms with Gasteiger partial charge in [-0.1, -0.05) is 37.3 Å². The van der Waals surface area contributed by atoms with Crippen molar-refractivity contribution >= 4 is 22.8 Å². The van der Waals surface area contributed by atoms with Crippen molar-refractivity contribution in [3.63, 3.8) is 0 Å². The van der Waals surface area contributed by atoms with Gasteiger partial charge in [0.05, 0.1) is 23.8 Å². The molecule has 36 heavy (non-hydrogen) atoms. The third-order valence-electron chi connectivity index (χ3n) is 9.06. The molecule has 2 aliphatic heterocycles. The minimum atomic E-state index is -0.286. The van der Waals surface area contributed by atoms with Crippen LogP contribution in [0.5, 0.6) is 0 Å². The number of benzene rings is 2. The fourth-order valence-corrected chi connectivity index (χ4v) is 6.89. The molecule has 6 nitrogen and oxygen atoms in total. The van der Waals surface area contributed by atoms with Gasteiger partial charge in [-0.15, -0.1) is 0 Å². The molecule has 0 radical (unpaired) electrons. The van der Waals surface area contributed by atoms with Crippen LogP contribution in [0.4, 0.5) is 10.5 Å². The third-order valence-corrected chi connectivity index (χ3v) is 9.06. The van der Waals surface area contributed by atoms with Crippen LogP contribution >= 0.6 is 0 Å². The molecule has 1 saturated heterocycles. The van der Waals surface area contributed by atoms with E-state index in [2.05, 4.69) is 66.2 Å². The number of rotatable bonds is 4. The molecule has 3 heterocycles. The second-order valence-corrected chi connectivity index (χ2v) is 11.4. The molecule has 1 N–H and O–H groups in total. The average molecular weight is 487 g/mol. The second-order valence-electron chi connectivity index (χ2n) is 11.4. The largest absolute Gasteiger partial charge is 0.452 e. The summed E-state index contributed by atoms with van der Waals surface area (Å²) in [4.78, 5) is 19.9. The van der Waals surface area contributed by atoms with Crippen molar-refractivity contribution < 1.29 is 9.53 Å². The maximum absolute atomic E-state index is 12.7. The van der Waals surface area contributed by atoms with Crippen LogP contribution < -0.4 is 10.2 Å². The molecule has 6 rings (SSSR count). The fourth-order valence-electron chi connectivity index (χ4n) is 6.89. The lowest BCUT2D eigenvalue weighted by atomic mass is 9.68. The number of nitrogens with one attached hydrogen (secondary N) is 1. The van der Waals surface area contributed by atoms with E-state index < -0.39 is 0 Å². The van der Waals surface area contributed by atoms with Crippen LogP contribution in [0.25, 0.3) is 11.0 Å². The van der Waals surface area contributed by atoms with Crippen molar-refractivity contribution in [2.24, 2.45) is 5.41 Å². The Kier molecular flexibility index (Phi) is 6.03.